The summed E-state index contributed by atoms with van der Waals surface area (Å²) in [6.07, 6.45) is 6.96. The summed E-state index contributed by atoms with van der Waals surface area (Å²) in [6, 6.07) is 7.04. The number of aryl methyl sites for hydroxylation is 1. The molecule has 3 rings (SSSR count). The SMILES string of the molecule is Cc1cccc(N)c1N1CCC2CCCCC21. The van der Waals surface area contributed by atoms with Crippen molar-refractivity contribution in [2.45, 2.75) is 45.1 Å². The largest absolute Gasteiger partial charge is 0.397 e. The van der Waals surface area contributed by atoms with Crippen molar-refractivity contribution < 1.29 is 0 Å². The lowest BCUT2D eigenvalue weighted by Crippen LogP contribution is -2.35. The van der Waals surface area contributed by atoms with Crippen molar-refractivity contribution in [2.75, 3.05) is 17.2 Å². The molecule has 0 aromatic heterocycles. The van der Waals surface area contributed by atoms with Crippen LogP contribution < -0.4 is 10.6 Å². The number of anilines is 2. The first-order chi connectivity index (χ1) is 8.27. The second-order valence-corrected chi connectivity index (χ2v) is 5.61. The summed E-state index contributed by atoms with van der Waals surface area (Å²) >= 11 is 0. The topological polar surface area (TPSA) is 29.3 Å². The summed E-state index contributed by atoms with van der Waals surface area (Å²) in [5.41, 5.74) is 9.77. The van der Waals surface area contributed by atoms with Crippen molar-refractivity contribution in [2.24, 2.45) is 5.92 Å². The molecule has 17 heavy (non-hydrogen) atoms. The molecule has 1 heterocycles. The zero-order valence-electron chi connectivity index (χ0n) is 10.7. The second-order valence-electron chi connectivity index (χ2n) is 5.61. The molecule has 1 aromatic rings. The lowest BCUT2D eigenvalue weighted by molar-refractivity contribution is 0.342. The highest BCUT2D eigenvalue weighted by atomic mass is 15.2. The average Bonchev–Trinajstić information content (AvgIpc) is 2.73. The standard InChI is InChI=1S/C15H22N2/c1-11-5-4-7-13(16)15(11)17-10-9-12-6-2-3-8-14(12)17/h4-5,7,12,14H,2-3,6,8-10,16H2,1H3. The van der Waals surface area contributed by atoms with Crippen molar-refractivity contribution in [3.63, 3.8) is 0 Å². The molecule has 1 aliphatic carbocycles. The molecule has 2 aliphatic rings. The van der Waals surface area contributed by atoms with Gasteiger partial charge in [0, 0.05) is 12.6 Å². The molecule has 2 unspecified atom stereocenters. The minimum absolute atomic E-state index is 0.757. The van der Waals surface area contributed by atoms with Gasteiger partial charge in [-0.25, -0.2) is 0 Å². The van der Waals surface area contributed by atoms with Gasteiger partial charge in [-0.15, -0.1) is 0 Å². The van der Waals surface area contributed by atoms with E-state index < -0.39 is 0 Å². The first kappa shape index (κ1) is 10.9. The van der Waals surface area contributed by atoms with Crippen molar-refractivity contribution in [1.82, 2.24) is 0 Å². The number of rotatable bonds is 1. The molecule has 0 radical (unpaired) electrons. The number of nitrogens with two attached hydrogens (primary N) is 1. The molecular formula is C15H22N2. The van der Waals surface area contributed by atoms with Crippen LogP contribution in [-0.4, -0.2) is 12.6 Å². The molecule has 2 N–H and O–H groups in total. The molecule has 92 valence electrons. The van der Waals surface area contributed by atoms with E-state index in [2.05, 4.69) is 24.0 Å². The highest BCUT2D eigenvalue weighted by molar-refractivity contribution is 5.72. The highest BCUT2D eigenvalue weighted by Gasteiger charge is 2.36. The summed E-state index contributed by atoms with van der Waals surface area (Å²) in [7, 11) is 0. The zero-order valence-corrected chi connectivity index (χ0v) is 10.7. The van der Waals surface area contributed by atoms with E-state index in [-0.39, 0.29) is 0 Å². The van der Waals surface area contributed by atoms with E-state index in [0.29, 0.717) is 0 Å². The van der Waals surface area contributed by atoms with Crippen LogP contribution in [0.2, 0.25) is 0 Å². The van der Waals surface area contributed by atoms with Crippen LogP contribution in [0, 0.1) is 12.8 Å². The van der Waals surface area contributed by atoms with Gasteiger partial charge in [0.25, 0.3) is 0 Å². The molecule has 1 saturated carbocycles. The molecule has 0 bridgehead atoms. The van der Waals surface area contributed by atoms with E-state index in [1.165, 1.54) is 49.9 Å². The molecule has 0 amide bonds. The normalized spacial score (nSPS) is 28.2. The molecule has 1 aliphatic heterocycles. The van der Waals surface area contributed by atoms with Gasteiger partial charge in [-0.05, 0) is 43.7 Å². The minimum atomic E-state index is 0.757. The van der Waals surface area contributed by atoms with Gasteiger partial charge in [-0.3, -0.25) is 0 Å². The average molecular weight is 230 g/mol. The fraction of sp³-hybridized carbons (Fsp3) is 0.600. The monoisotopic (exact) mass is 230 g/mol. The molecule has 2 fully saturated rings. The second kappa shape index (κ2) is 4.25. The van der Waals surface area contributed by atoms with Gasteiger partial charge in [0.1, 0.15) is 0 Å². The van der Waals surface area contributed by atoms with Gasteiger partial charge in [0.15, 0.2) is 0 Å². The number of hydrogen-bond donors (Lipinski definition) is 1. The highest BCUT2D eigenvalue weighted by Crippen LogP contribution is 2.41. The number of nitrogens with zero attached hydrogens (tertiary/aromatic N) is 1. The molecule has 2 atom stereocenters. The Morgan fingerprint density at radius 1 is 1.18 bits per heavy atom. The Bertz CT molecular complexity index is 393. The van der Waals surface area contributed by atoms with Crippen LogP contribution in [0.5, 0.6) is 0 Å². The molecule has 2 nitrogen and oxygen atoms in total. The lowest BCUT2D eigenvalue weighted by Gasteiger charge is -2.34. The quantitative estimate of drug-likeness (QED) is 0.750. The lowest BCUT2D eigenvalue weighted by atomic mass is 9.85. The maximum Gasteiger partial charge on any atom is 0.0632 e. The van der Waals surface area contributed by atoms with E-state index in [4.69, 9.17) is 5.73 Å². The van der Waals surface area contributed by atoms with Gasteiger partial charge in [-0.2, -0.15) is 0 Å². The summed E-state index contributed by atoms with van der Waals surface area (Å²) in [6.45, 7) is 3.38. The summed E-state index contributed by atoms with van der Waals surface area (Å²) in [5.74, 6) is 0.919. The van der Waals surface area contributed by atoms with Crippen LogP contribution in [-0.2, 0) is 0 Å². The Kier molecular flexibility index (Phi) is 2.73. The number of fused-ring (bicyclic) bond motifs is 1. The van der Waals surface area contributed by atoms with E-state index >= 15 is 0 Å². The van der Waals surface area contributed by atoms with Crippen molar-refractivity contribution in [1.29, 1.82) is 0 Å². The summed E-state index contributed by atoms with van der Waals surface area (Å²) in [4.78, 5) is 2.59. The van der Waals surface area contributed by atoms with Gasteiger partial charge in [0.05, 0.1) is 11.4 Å². The molecule has 2 heteroatoms. The number of benzene rings is 1. The Labute approximate surface area is 104 Å². The number of hydrogen-bond acceptors (Lipinski definition) is 2. The van der Waals surface area contributed by atoms with Crippen molar-refractivity contribution in [3.05, 3.63) is 23.8 Å². The third-order valence-corrected chi connectivity index (χ3v) is 4.57. The Balaban J connectivity index is 1.94. The van der Waals surface area contributed by atoms with E-state index in [9.17, 15) is 0 Å². The summed E-state index contributed by atoms with van der Waals surface area (Å²) < 4.78 is 0. The fourth-order valence-electron chi connectivity index (χ4n) is 3.76. The fourth-order valence-corrected chi connectivity index (χ4v) is 3.76. The number of para-hydroxylation sites is 1. The molecule has 1 saturated heterocycles. The van der Waals surface area contributed by atoms with Crippen LogP contribution in [0.3, 0.4) is 0 Å². The Morgan fingerprint density at radius 2 is 2.00 bits per heavy atom. The van der Waals surface area contributed by atoms with Crippen LogP contribution in [0.1, 0.15) is 37.7 Å². The molecular weight excluding hydrogens is 208 g/mol. The van der Waals surface area contributed by atoms with E-state index in [0.717, 1.165) is 17.6 Å². The van der Waals surface area contributed by atoms with E-state index in [1.54, 1.807) is 0 Å². The maximum absolute atomic E-state index is 6.18. The predicted molar refractivity (Wildman–Crippen MR) is 73.3 cm³/mol. The smallest absolute Gasteiger partial charge is 0.0632 e. The van der Waals surface area contributed by atoms with Crippen molar-refractivity contribution in [3.8, 4) is 0 Å². The van der Waals surface area contributed by atoms with Gasteiger partial charge in [0.2, 0.25) is 0 Å². The van der Waals surface area contributed by atoms with E-state index in [1.807, 2.05) is 6.07 Å². The van der Waals surface area contributed by atoms with Crippen LogP contribution in [0.4, 0.5) is 11.4 Å². The predicted octanol–water partition coefficient (Wildman–Crippen LogP) is 3.35. The van der Waals surface area contributed by atoms with Crippen LogP contribution >= 0.6 is 0 Å². The van der Waals surface area contributed by atoms with Crippen LogP contribution in [0.15, 0.2) is 18.2 Å². The minimum Gasteiger partial charge on any atom is -0.397 e. The summed E-state index contributed by atoms with van der Waals surface area (Å²) in [5, 5.41) is 0. The molecule has 0 spiro atoms. The number of nitrogen functional groups attached to an aromatic ring is 1. The first-order valence-corrected chi connectivity index (χ1v) is 6.89. The van der Waals surface area contributed by atoms with Gasteiger partial charge >= 0.3 is 0 Å². The molecule has 1 aromatic carbocycles. The van der Waals surface area contributed by atoms with Crippen LogP contribution in [0.25, 0.3) is 0 Å². The van der Waals surface area contributed by atoms with Gasteiger partial charge in [-0.1, -0.05) is 25.0 Å². The first-order valence-electron chi connectivity index (χ1n) is 6.89. The maximum atomic E-state index is 6.18. The third-order valence-electron chi connectivity index (χ3n) is 4.57. The zero-order chi connectivity index (χ0) is 11.8. The Hall–Kier alpha value is -1.18. The van der Waals surface area contributed by atoms with Gasteiger partial charge < -0.3 is 10.6 Å². The Morgan fingerprint density at radius 3 is 2.82 bits per heavy atom. The van der Waals surface area contributed by atoms with Crippen molar-refractivity contribution >= 4 is 11.4 Å². The third kappa shape index (κ3) is 1.80.